The molecule has 1 fully saturated rings. The predicted octanol–water partition coefficient (Wildman–Crippen LogP) is 2.52. The SMILES string of the molecule is O=C(NCCc1ccc(Br)cc1)C1CC1. The van der Waals surface area contributed by atoms with Crippen LogP contribution < -0.4 is 5.32 Å². The Hall–Kier alpha value is -0.830. The minimum Gasteiger partial charge on any atom is -0.356 e. The van der Waals surface area contributed by atoms with Gasteiger partial charge in [0, 0.05) is 16.9 Å². The summed E-state index contributed by atoms with van der Waals surface area (Å²) < 4.78 is 1.09. The number of hydrogen-bond donors (Lipinski definition) is 1. The molecular weight excluding hydrogens is 254 g/mol. The van der Waals surface area contributed by atoms with Gasteiger partial charge in [0.15, 0.2) is 0 Å². The molecule has 1 aromatic rings. The highest BCUT2D eigenvalue weighted by Gasteiger charge is 2.28. The van der Waals surface area contributed by atoms with Gasteiger partial charge in [-0.2, -0.15) is 0 Å². The highest BCUT2D eigenvalue weighted by molar-refractivity contribution is 9.10. The summed E-state index contributed by atoms with van der Waals surface area (Å²) in [5.74, 6) is 0.544. The highest BCUT2D eigenvalue weighted by atomic mass is 79.9. The largest absolute Gasteiger partial charge is 0.356 e. The number of nitrogens with one attached hydrogen (secondary N) is 1. The van der Waals surface area contributed by atoms with Crippen LogP contribution in [0.1, 0.15) is 18.4 Å². The third kappa shape index (κ3) is 3.34. The van der Waals surface area contributed by atoms with Gasteiger partial charge >= 0.3 is 0 Å². The van der Waals surface area contributed by atoms with Crippen LogP contribution in [0.2, 0.25) is 0 Å². The molecule has 80 valence electrons. The minimum absolute atomic E-state index is 0.229. The molecule has 2 nitrogen and oxygen atoms in total. The molecule has 0 radical (unpaired) electrons. The summed E-state index contributed by atoms with van der Waals surface area (Å²) in [5.41, 5.74) is 1.26. The van der Waals surface area contributed by atoms with Crippen molar-refractivity contribution in [1.82, 2.24) is 5.32 Å². The maximum absolute atomic E-state index is 11.3. The Labute approximate surface area is 98.2 Å². The Kier molecular flexibility index (Phi) is 3.41. The van der Waals surface area contributed by atoms with E-state index in [0.717, 1.165) is 30.3 Å². The third-order valence-corrected chi connectivity index (χ3v) is 3.10. The summed E-state index contributed by atoms with van der Waals surface area (Å²) in [7, 11) is 0. The monoisotopic (exact) mass is 267 g/mol. The molecule has 1 amide bonds. The number of hydrogen-bond acceptors (Lipinski definition) is 1. The van der Waals surface area contributed by atoms with Gasteiger partial charge in [0.05, 0.1) is 0 Å². The van der Waals surface area contributed by atoms with Gasteiger partial charge in [0.2, 0.25) is 5.91 Å². The van der Waals surface area contributed by atoms with Crippen LogP contribution in [0.4, 0.5) is 0 Å². The predicted molar refractivity (Wildman–Crippen MR) is 63.6 cm³/mol. The molecule has 0 heterocycles. The van der Waals surface area contributed by atoms with Crippen LogP contribution >= 0.6 is 15.9 Å². The van der Waals surface area contributed by atoms with Crippen LogP contribution in [-0.2, 0) is 11.2 Å². The van der Waals surface area contributed by atoms with Crippen molar-refractivity contribution in [3.8, 4) is 0 Å². The average molecular weight is 268 g/mol. The van der Waals surface area contributed by atoms with Gasteiger partial charge in [-0.05, 0) is 37.0 Å². The molecule has 1 saturated carbocycles. The lowest BCUT2D eigenvalue weighted by Crippen LogP contribution is -2.26. The molecule has 0 aliphatic heterocycles. The smallest absolute Gasteiger partial charge is 0.223 e. The van der Waals surface area contributed by atoms with Crippen molar-refractivity contribution in [1.29, 1.82) is 0 Å². The third-order valence-electron chi connectivity index (χ3n) is 2.57. The Bertz CT molecular complexity index is 343. The van der Waals surface area contributed by atoms with E-state index in [1.54, 1.807) is 0 Å². The van der Waals surface area contributed by atoms with E-state index in [2.05, 4.69) is 33.4 Å². The Morgan fingerprint density at radius 1 is 1.33 bits per heavy atom. The minimum atomic E-state index is 0.229. The number of halogens is 1. The number of carbonyl (C=O) groups is 1. The zero-order valence-electron chi connectivity index (χ0n) is 8.50. The van der Waals surface area contributed by atoms with E-state index in [-0.39, 0.29) is 5.91 Å². The van der Waals surface area contributed by atoms with Crippen molar-refractivity contribution >= 4 is 21.8 Å². The normalized spacial score (nSPS) is 15.0. The average Bonchev–Trinajstić information content (AvgIpc) is 3.04. The van der Waals surface area contributed by atoms with Crippen molar-refractivity contribution < 1.29 is 4.79 Å². The summed E-state index contributed by atoms with van der Waals surface area (Å²) in [6.07, 6.45) is 3.06. The molecule has 0 saturated heterocycles. The lowest BCUT2D eigenvalue weighted by Gasteiger charge is -2.04. The number of benzene rings is 1. The molecule has 3 heteroatoms. The quantitative estimate of drug-likeness (QED) is 0.893. The van der Waals surface area contributed by atoms with Crippen LogP contribution in [0, 0.1) is 5.92 Å². The van der Waals surface area contributed by atoms with Crippen molar-refractivity contribution in [3.05, 3.63) is 34.3 Å². The van der Waals surface area contributed by atoms with Crippen LogP contribution in [0.5, 0.6) is 0 Å². The van der Waals surface area contributed by atoms with Gasteiger partial charge in [0.25, 0.3) is 0 Å². The van der Waals surface area contributed by atoms with E-state index in [0.29, 0.717) is 5.92 Å². The van der Waals surface area contributed by atoms with Gasteiger partial charge in [0.1, 0.15) is 0 Å². The topological polar surface area (TPSA) is 29.1 Å². The first-order valence-corrected chi connectivity index (χ1v) is 6.07. The van der Waals surface area contributed by atoms with Gasteiger partial charge < -0.3 is 5.32 Å². The van der Waals surface area contributed by atoms with Gasteiger partial charge in [-0.25, -0.2) is 0 Å². The second-order valence-corrected chi connectivity index (χ2v) is 4.86. The van der Waals surface area contributed by atoms with E-state index >= 15 is 0 Å². The molecule has 1 N–H and O–H groups in total. The fourth-order valence-electron chi connectivity index (χ4n) is 1.47. The number of rotatable bonds is 4. The first-order chi connectivity index (χ1) is 7.25. The lowest BCUT2D eigenvalue weighted by molar-refractivity contribution is -0.122. The van der Waals surface area contributed by atoms with Crippen molar-refractivity contribution in [3.63, 3.8) is 0 Å². The van der Waals surface area contributed by atoms with Crippen molar-refractivity contribution in [2.24, 2.45) is 5.92 Å². The van der Waals surface area contributed by atoms with Crippen LogP contribution in [0.15, 0.2) is 28.7 Å². The Morgan fingerprint density at radius 2 is 2.00 bits per heavy atom. The summed E-state index contributed by atoms with van der Waals surface area (Å²) in [4.78, 5) is 11.3. The number of carbonyl (C=O) groups excluding carboxylic acids is 1. The molecule has 1 aliphatic carbocycles. The first-order valence-electron chi connectivity index (χ1n) is 5.28. The molecular formula is C12H14BrNO. The Morgan fingerprint density at radius 3 is 2.60 bits per heavy atom. The summed E-state index contributed by atoms with van der Waals surface area (Å²) >= 11 is 3.39. The summed E-state index contributed by atoms with van der Waals surface area (Å²) in [6.45, 7) is 0.747. The molecule has 15 heavy (non-hydrogen) atoms. The molecule has 0 aromatic heterocycles. The maximum Gasteiger partial charge on any atom is 0.223 e. The van der Waals surface area contributed by atoms with Crippen LogP contribution in [0.25, 0.3) is 0 Å². The van der Waals surface area contributed by atoms with E-state index in [1.807, 2.05) is 12.1 Å². The second kappa shape index (κ2) is 4.79. The molecule has 1 aromatic carbocycles. The van der Waals surface area contributed by atoms with E-state index in [4.69, 9.17) is 0 Å². The number of amides is 1. The molecule has 0 spiro atoms. The molecule has 2 rings (SSSR count). The molecule has 1 aliphatic rings. The van der Waals surface area contributed by atoms with Gasteiger partial charge in [-0.1, -0.05) is 28.1 Å². The van der Waals surface area contributed by atoms with E-state index in [1.165, 1.54) is 5.56 Å². The molecule has 0 unspecified atom stereocenters. The van der Waals surface area contributed by atoms with Crippen molar-refractivity contribution in [2.45, 2.75) is 19.3 Å². The fourth-order valence-corrected chi connectivity index (χ4v) is 1.74. The van der Waals surface area contributed by atoms with Crippen molar-refractivity contribution in [2.75, 3.05) is 6.54 Å². The highest BCUT2D eigenvalue weighted by Crippen LogP contribution is 2.28. The molecule has 0 bridgehead atoms. The van der Waals surface area contributed by atoms with Gasteiger partial charge in [-0.3, -0.25) is 4.79 Å². The Balaban J connectivity index is 1.73. The fraction of sp³-hybridized carbons (Fsp3) is 0.417. The lowest BCUT2D eigenvalue weighted by atomic mass is 10.1. The van der Waals surface area contributed by atoms with Crippen LogP contribution in [0.3, 0.4) is 0 Å². The van der Waals surface area contributed by atoms with E-state index < -0.39 is 0 Å². The van der Waals surface area contributed by atoms with Gasteiger partial charge in [-0.15, -0.1) is 0 Å². The zero-order valence-corrected chi connectivity index (χ0v) is 10.1. The van der Waals surface area contributed by atoms with Crippen LogP contribution in [-0.4, -0.2) is 12.5 Å². The zero-order chi connectivity index (χ0) is 10.7. The maximum atomic E-state index is 11.3. The summed E-state index contributed by atoms with van der Waals surface area (Å²) in [5, 5.41) is 2.96. The first kappa shape index (κ1) is 10.7. The second-order valence-electron chi connectivity index (χ2n) is 3.94. The van der Waals surface area contributed by atoms with E-state index in [9.17, 15) is 4.79 Å². The molecule has 0 atom stereocenters. The summed E-state index contributed by atoms with van der Waals surface area (Å²) in [6, 6.07) is 8.21. The standard InChI is InChI=1S/C12H14BrNO/c13-11-5-1-9(2-6-11)7-8-14-12(15)10-3-4-10/h1-2,5-6,10H,3-4,7-8H2,(H,14,15).